The molecule has 0 saturated carbocycles. The third kappa shape index (κ3) is 4.28. The van der Waals surface area contributed by atoms with Crippen molar-refractivity contribution in [1.29, 1.82) is 0 Å². The summed E-state index contributed by atoms with van der Waals surface area (Å²) in [5, 5.41) is 16.4. The van der Waals surface area contributed by atoms with Crippen molar-refractivity contribution in [3.8, 4) is 0 Å². The fraction of sp³-hybridized carbons (Fsp3) is 0.312. The largest absolute Gasteiger partial charge is 0.416 e. The molecule has 1 N–H and O–H groups in total. The van der Waals surface area contributed by atoms with Crippen molar-refractivity contribution in [2.75, 3.05) is 6.54 Å². The van der Waals surface area contributed by atoms with E-state index in [1.165, 1.54) is 11.3 Å². The summed E-state index contributed by atoms with van der Waals surface area (Å²) in [6.45, 7) is 2.25. The molecule has 7 nitrogen and oxygen atoms in total. The van der Waals surface area contributed by atoms with E-state index in [2.05, 4.69) is 15.3 Å². The number of alkyl halides is 3. The number of nitro benzene ring substituents is 1. The molecule has 2 aromatic heterocycles. The molecule has 28 heavy (non-hydrogen) atoms. The summed E-state index contributed by atoms with van der Waals surface area (Å²) in [6, 6.07) is 1.16. The lowest BCUT2D eigenvalue weighted by atomic mass is 10.2. The summed E-state index contributed by atoms with van der Waals surface area (Å²) in [5.41, 5.74) is -1.18. The molecule has 0 atom stereocenters. The minimum absolute atomic E-state index is 0.0735. The number of nitrogens with one attached hydrogen (secondary N) is 1. The molecule has 148 valence electrons. The Kier molecular flexibility index (Phi) is 5.61. The number of aromatic nitrogens is 2. The van der Waals surface area contributed by atoms with Gasteiger partial charge in [-0.15, -0.1) is 22.7 Å². The van der Waals surface area contributed by atoms with E-state index < -0.39 is 28.3 Å². The highest BCUT2D eigenvalue weighted by Gasteiger charge is 2.34. The maximum Gasteiger partial charge on any atom is 0.416 e. The van der Waals surface area contributed by atoms with Crippen molar-refractivity contribution in [1.82, 2.24) is 15.3 Å². The minimum Gasteiger partial charge on any atom is -0.350 e. The quantitative estimate of drug-likeness (QED) is 0.467. The molecule has 1 amide bonds. The fourth-order valence-electron chi connectivity index (χ4n) is 2.40. The third-order valence-corrected chi connectivity index (χ3v) is 5.82. The van der Waals surface area contributed by atoms with Crippen LogP contribution in [0.3, 0.4) is 0 Å². The van der Waals surface area contributed by atoms with Gasteiger partial charge in [-0.3, -0.25) is 14.9 Å². The predicted molar refractivity (Wildman–Crippen MR) is 98.8 cm³/mol. The summed E-state index contributed by atoms with van der Waals surface area (Å²) in [5.74, 6) is -0.601. The van der Waals surface area contributed by atoms with Gasteiger partial charge in [0.2, 0.25) is 0 Å². The average molecular weight is 430 g/mol. The van der Waals surface area contributed by atoms with Gasteiger partial charge in [-0.05, 0) is 12.5 Å². The van der Waals surface area contributed by atoms with Crippen LogP contribution in [-0.2, 0) is 19.0 Å². The van der Waals surface area contributed by atoms with Gasteiger partial charge in [-0.25, -0.2) is 9.97 Å². The van der Waals surface area contributed by atoms with Gasteiger partial charge in [-0.1, -0.05) is 6.92 Å². The van der Waals surface area contributed by atoms with Gasteiger partial charge < -0.3 is 5.32 Å². The van der Waals surface area contributed by atoms with Crippen LogP contribution in [-0.4, -0.2) is 27.3 Å². The first kappa shape index (κ1) is 20.1. The molecule has 0 spiro atoms. The number of hydrogen-bond acceptors (Lipinski definition) is 7. The number of amides is 1. The van der Waals surface area contributed by atoms with Gasteiger partial charge in [0.1, 0.15) is 4.70 Å². The maximum absolute atomic E-state index is 12.9. The van der Waals surface area contributed by atoms with Gasteiger partial charge in [0.15, 0.2) is 5.01 Å². The Morgan fingerprint density at radius 1 is 1.32 bits per heavy atom. The van der Waals surface area contributed by atoms with E-state index in [0.29, 0.717) is 29.9 Å². The number of nitrogens with zero attached hydrogens (tertiary/aromatic N) is 3. The predicted octanol–water partition coefficient (Wildman–Crippen LogP) is 4.21. The third-order valence-electron chi connectivity index (χ3n) is 3.77. The zero-order valence-electron chi connectivity index (χ0n) is 14.4. The van der Waals surface area contributed by atoms with Crippen molar-refractivity contribution >= 4 is 44.5 Å². The second-order valence-electron chi connectivity index (χ2n) is 5.71. The van der Waals surface area contributed by atoms with Gasteiger partial charge in [0.25, 0.3) is 11.6 Å². The highest BCUT2D eigenvalue weighted by atomic mass is 32.1. The van der Waals surface area contributed by atoms with E-state index in [0.717, 1.165) is 17.1 Å². The molecule has 0 aliphatic carbocycles. The molecule has 0 fully saturated rings. The van der Waals surface area contributed by atoms with Crippen LogP contribution in [0.15, 0.2) is 17.5 Å². The molecule has 12 heteroatoms. The molecule has 0 aliphatic heterocycles. The first-order valence-corrected chi connectivity index (χ1v) is 9.76. The number of carbonyl (C=O) groups excluding carboxylic acids is 1. The van der Waals surface area contributed by atoms with Crippen LogP contribution >= 0.6 is 22.7 Å². The average Bonchev–Trinajstić information content (AvgIpc) is 3.26. The van der Waals surface area contributed by atoms with E-state index in [9.17, 15) is 28.1 Å². The summed E-state index contributed by atoms with van der Waals surface area (Å²) in [6.07, 6.45) is -3.44. The fourth-order valence-corrected chi connectivity index (χ4v) is 4.23. The Morgan fingerprint density at radius 3 is 2.68 bits per heavy atom. The Bertz CT molecular complexity index is 1050. The lowest BCUT2D eigenvalue weighted by Crippen LogP contribution is -2.25. The topological polar surface area (TPSA) is 98.0 Å². The molecule has 0 bridgehead atoms. The van der Waals surface area contributed by atoms with Crippen LogP contribution in [0.25, 0.3) is 10.2 Å². The monoisotopic (exact) mass is 430 g/mol. The lowest BCUT2D eigenvalue weighted by molar-refractivity contribution is -0.383. The number of thiazole rings is 2. The molecular formula is C16H13F3N4O3S2. The SMILES string of the molecule is CCc1csc(CCNC(=O)c2nc3cc(C(F)(F)F)cc([N+](=O)[O-])c3s2)n1. The van der Waals surface area contributed by atoms with Crippen molar-refractivity contribution in [2.45, 2.75) is 25.9 Å². The molecule has 0 unspecified atom stereocenters. The van der Waals surface area contributed by atoms with Crippen molar-refractivity contribution in [2.24, 2.45) is 0 Å². The van der Waals surface area contributed by atoms with Crippen molar-refractivity contribution in [3.63, 3.8) is 0 Å². The maximum atomic E-state index is 12.9. The summed E-state index contributed by atoms with van der Waals surface area (Å²) < 4.78 is 38.8. The Balaban J connectivity index is 1.79. The summed E-state index contributed by atoms with van der Waals surface area (Å²) in [4.78, 5) is 30.7. The van der Waals surface area contributed by atoms with Crippen LogP contribution in [0.4, 0.5) is 18.9 Å². The number of benzene rings is 1. The second kappa shape index (κ2) is 7.80. The van der Waals surface area contributed by atoms with Crippen LogP contribution in [0.1, 0.15) is 33.0 Å². The summed E-state index contributed by atoms with van der Waals surface area (Å²) >= 11 is 2.17. The molecular weight excluding hydrogens is 417 g/mol. The number of nitro groups is 1. The summed E-state index contributed by atoms with van der Waals surface area (Å²) in [7, 11) is 0. The number of carbonyl (C=O) groups is 1. The van der Waals surface area contributed by atoms with Gasteiger partial charge in [-0.2, -0.15) is 13.2 Å². The second-order valence-corrected chi connectivity index (χ2v) is 7.65. The number of non-ortho nitro benzene ring substituents is 1. The molecule has 0 saturated heterocycles. The number of hydrogen-bond donors (Lipinski definition) is 1. The number of halogens is 3. The first-order chi connectivity index (χ1) is 13.2. The van der Waals surface area contributed by atoms with E-state index in [4.69, 9.17) is 0 Å². The molecule has 3 rings (SSSR count). The lowest BCUT2D eigenvalue weighted by Gasteiger charge is -2.05. The molecule has 2 heterocycles. The number of rotatable bonds is 6. The van der Waals surface area contributed by atoms with Crippen LogP contribution in [0.5, 0.6) is 0 Å². The van der Waals surface area contributed by atoms with Crippen molar-refractivity contribution in [3.05, 3.63) is 48.9 Å². The molecule has 0 aliphatic rings. The normalized spacial score (nSPS) is 11.7. The van der Waals surface area contributed by atoms with Crippen LogP contribution in [0, 0.1) is 10.1 Å². The van der Waals surface area contributed by atoms with E-state index in [-0.39, 0.29) is 21.8 Å². The Hall–Kier alpha value is -2.60. The van der Waals surface area contributed by atoms with Crippen molar-refractivity contribution < 1.29 is 22.9 Å². The highest BCUT2D eigenvalue weighted by molar-refractivity contribution is 7.20. The first-order valence-electron chi connectivity index (χ1n) is 8.06. The minimum atomic E-state index is -4.75. The van der Waals surface area contributed by atoms with Crippen LogP contribution < -0.4 is 5.32 Å². The van der Waals surface area contributed by atoms with Gasteiger partial charge >= 0.3 is 6.18 Å². The zero-order valence-corrected chi connectivity index (χ0v) is 16.0. The standard InChI is InChI=1S/C16H13F3N4O3S2/c1-2-9-7-27-12(21-9)3-4-20-14(24)15-22-10-5-8(16(17,18)19)6-11(23(25)26)13(10)28-15/h5-7H,2-4H2,1H3,(H,20,24). The van der Waals surface area contributed by atoms with Gasteiger partial charge in [0, 0.05) is 24.4 Å². The highest BCUT2D eigenvalue weighted by Crippen LogP contribution is 2.38. The smallest absolute Gasteiger partial charge is 0.350 e. The van der Waals surface area contributed by atoms with Gasteiger partial charge in [0.05, 0.1) is 26.7 Å². The Morgan fingerprint density at radius 2 is 2.07 bits per heavy atom. The number of fused-ring (bicyclic) bond motifs is 1. The molecule has 0 radical (unpaired) electrons. The van der Waals surface area contributed by atoms with Crippen LogP contribution in [0.2, 0.25) is 0 Å². The Labute approximate surface area is 164 Å². The number of aryl methyl sites for hydroxylation is 1. The van der Waals surface area contributed by atoms with E-state index >= 15 is 0 Å². The zero-order chi connectivity index (χ0) is 20.5. The van der Waals surface area contributed by atoms with E-state index in [1.807, 2.05) is 12.3 Å². The van der Waals surface area contributed by atoms with E-state index in [1.54, 1.807) is 0 Å². The molecule has 3 aromatic rings. The molecule has 1 aromatic carbocycles.